The Balaban J connectivity index is 1.73. The fourth-order valence-corrected chi connectivity index (χ4v) is 3.94. The SMILES string of the molecule is COc1ccc2sc(N(Cc3cccnc3)C(=O)c3ccc(C(F)(F)F)cc3)nc2c1. The van der Waals surface area contributed by atoms with E-state index in [2.05, 4.69) is 9.97 Å². The van der Waals surface area contributed by atoms with Crippen LogP contribution in [0.25, 0.3) is 10.2 Å². The lowest BCUT2D eigenvalue weighted by molar-refractivity contribution is -0.137. The maximum atomic E-state index is 13.3. The van der Waals surface area contributed by atoms with E-state index in [0.717, 1.165) is 22.4 Å². The van der Waals surface area contributed by atoms with Crippen molar-refractivity contribution in [1.29, 1.82) is 0 Å². The summed E-state index contributed by atoms with van der Waals surface area (Å²) in [6.45, 7) is 0.171. The third kappa shape index (κ3) is 4.51. The third-order valence-electron chi connectivity index (χ3n) is 4.58. The van der Waals surface area contributed by atoms with Crippen LogP contribution in [0, 0.1) is 0 Å². The van der Waals surface area contributed by atoms with Gasteiger partial charge in [-0.1, -0.05) is 17.4 Å². The van der Waals surface area contributed by atoms with Crippen LogP contribution in [0.1, 0.15) is 21.5 Å². The van der Waals surface area contributed by atoms with Crippen molar-refractivity contribution in [1.82, 2.24) is 9.97 Å². The number of hydrogen-bond acceptors (Lipinski definition) is 5. The highest BCUT2D eigenvalue weighted by Gasteiger charge is 2.31. The van der Waals surface area contributed by atoms with Gasteiger partial charge in [0, 0.05) is 24.0 Å². The Labute approximate surface area is 179 Å². The Kier molecular flexibility index (Phi) is 5.60. The Morgan fingerprint density at radius 3 is 2.55 bits per heavy atom. The molecule has 0 aliphatic carbocycles. The van der Waals surface area contributed by atoms with Crippen molar-refractivity contribution in [2.75, 3.05) is 12.0 Å². The van der Waals surface area contributed by atoms with Crippen LogP contribution >= 0.6 is 11.3 Å². The number of ether oxygens (including phenoxy) is 1. The van der Waals surface area contributed by atoms with Gasteiger partial charge in [-0.3, -0.25) is 14.7 Å². The molecule has 0 N–H and O–H groups in total. The summed E-state index contributed by atoms with van der Waals surface area (Å²) in [7, 11) is 1.55. The summed E-state index contributed by atoms with van der Waals surface area (Å²) in [6.07, 6.45) is -1.22. The summed E-state index contributed by atoms with van der Waals surface area (Å²) in [5.74, 6) is 0.181. The zero-order valence-electron chi connectivity index (χ0n) is 16.3. The molecule has 0 aliphatic heterocycles. The molecule has 0 bridgehead atoms. The minimum Gasteiger partial charge on any atom is -0.497 e. The van der Waals surface area contributed by atoms with Gasteiger partial charge in [-0.25, -0.2) is 4.98 Å². The number of rotatable bonds is 5. The normalized spacial score (nSPS) is 11.5. The standard InChI is InChI=1S/C22H16F3N3O2S/c1-30-17-8-9-19-18(11-17)27-21(31-19)28(13-14-3-2-10-26-12-14)20(29)15-4-6-16(7-5-15)22(23,24)25/h2-12H,13H2,1H3. The number of pyridine rings is 1. The quantitative estimate of drug-likeness (QED) is 0.405. The minimum absolute atomic E-state index is 0.133. The fraction of sp³-hybridized carbons (Fsp3) is 0.136. The predicted octanol–water partition coefficient (Wildman–Crippen LogP) is 5.57. The number of anilines is 1. The number of fused-ring (bicyclic) bond motifs is 1. The minimum atomic E-state index is -4.47. The molecule has 0 fully saturated rings. The van der Waals surface area contributed by atoms with E-state index in [4.69, 9.17) is 4.74 Å². The molecule has 2 heterocycles. The highest BCUT2D eigenvalue weighted by atomic mass is 32.1. The van der Waals surface area contributed by atoms with E-state index in [1.54, 1.807) is 37.7 Å². The zero-order chi connectivity index (χ0) is 22.0. The van der Waals surface area contributed by atoms with E-state index in [9.17, 15) is 18.0 Å². The van der Waals surface area contributed by atoms with Gasteiger partial charge < -0.3 is 4.74 Å². The molecule has 158 valence electrons. The first kappa shape index (κ1) is 20.8. The fourth-order valence-electron chi connectivity index (χ4n) is 3.00. The van der Waals surface area contributed by atoms with Crippen LogP contribution in [0.15, 0.2) is 67.0 Å². The topological polar surface area (TPSA) is 55.3 Å². The number of carbonyl (C=O) groups excluding carboxylic acids is 1. The van der Waals surface area contributed by atoms with Gasteiger partial charge in [0.15, 0.2) is 5.13 Å². The molecule has 0 saturated carbocycles. The molecule has 4 aromatic rings. The van der Waals surface area contributed by atoms with Crippen molar-refractivity contribution in [3.8, 4) is 5.75 Å². The average molecular weight is 443 g/mol. The Hall–Kier alpha value is -3.46. The number of aromatic nitrogens is 2. The van der Waals surface area contributed by atoms with Gasteiger partial charge in [-0.2, -0.15) is 13.2 Å². The van der Waals surface area contributed by atoms with E-state index in [-0.39, 0.29) is 12.1 Å². The molecule has 0 radical (unpaired) electrons. The van der Waals surface area contributed by atoms with Gasteiger partial charge in [0.05, 0.1) is 29.4 Å². The van der Waals surface area contributed by atoms with Gasteiger partial charge in [0.25, 0.3) is 5.91 Å². The maximum Gasteiger partial charge on any atom is 0.416 e. The first-order valence-electron chi connectivity index (χ1n) is 9.18. The van der Waals surface area contributed by atoms with Crippen LogP contribution in [-0.2, 0) is 12.7 Å². The van der Waals surface area contributed by atoms with Crippen LogP contribution in [0.5, 0.6) is 5.75 Å². The average Bonchev–Trinajstić information content (AvgIpc) is 3.20. The summed E-state index contributed by atoms with van der Waals surface area (Å²) in [4.78, 5) is 23.4. The lowest BCUT2D eigenvalue weighted by Gasteiger charge is -2.20. The summed E-state index contributed by atoms with van der Waals surface area (Å²) in [5.41, 5.74) is 0.749. The number of carbonyl (C=O) groups is 1. The number of halogens is 3. The molecular weight excluding hydrogens is 427 g/mol. The molecule has 0 atom stereocenters. The molecule has 5 nitrogen and oxygen atoms in total. The molecular formula is C22H16F3N3O2S. The number of benzene rings is 2. The third-order valence-corrected chi connectivity index (χ3v) is 5.64. The molecule has 4 rings (SSSR count). The van der Waals surface area contributed by atoms with Crippen molar-refractivity contribution < 1.29 is 22.7 Å². The highest BCUT2D eigenvalue weighted by molar-refractivity contribution is 7.22. The smallest absolute Gasteiger partial charge is 0.416 e. The van der Waals surface area contributed by atoms with Gasteiger partial charge in [-0.15, -0.1) is 0 Å². The van der Waals surface area contributed by atoms with Crippen LogP contribution in [0.4, 0.5) is 18.3 Å². The van der Waals surface area contributed by atoms with Crippen LogP contribution in [0.2, 0.25) is 0 Å². The largest absolute Gasteiger partial charge is 0.497 e. The number of alkyl halides is 3. The molecule has 0 saturated heterocycles. The Morgan fingerprint density at radius 2 is 1.90 bits per heavy atom. The second-order valence-corrected chi connectivity index (χ2v) is 7.67. The van der Waals surface area contributed by atoms with E-state index in [1.165, 1.54) is 28.4 Å². The Bertz CT molecular complexity index is 1210. The summed E-state index contributed by atoms with van der Waals surface area (Å²) >= 11 is 1.31. The van der Waals surface area contributed by atoms with E-state index in [1.807, 2.05) is 12.1 Å². The molecule has 9 heteroatoms. The second-order valence-electron chi connectivity index (χ2n) is 6.66. The zero-order valence-corrected chi connectivity index (χ0v) is 17.1. The number of amides is 1. The summed E-state index contributed by atoms with van der Waals surface area (Å²) < 4.78 is 44.8. The monoisotopic (exact) mass is 443 g/mol. The van der Waals surface area contributed by atoms with Gasteiger partial charge in [0.2, 0.25) is 0 Å². The number of methoxy groups -OCH3 is 1. The molecule has 0 spiro atoms. The van der Waals surface area contributed by atoms with Crippen LogP contribution < -0.4 is 9.64 Å². The molecule has 0 unspecified atom stereocenters. The van der Waals surface area contributed by atoms with Crippen LogP contribution in [-0.4, -0.2) is 23.0 Å². The van der Waals surface area contributed by atoms with E-state index >= 15 is 0 Å². The predicted molar refractivity (Wildman–Crippen MR) is 112 cm³/mol. The number of nitrogens with zero attached hydrogens (tertiary/aromatic N) is 3. The van der Waals surface area contributed by atoms with E-state index < -0.39 is 17.6 Å². The van der Waals surface area contributed by atoms with E-state index in [0.29, 0.717) is 16.4 Å². The molecule has 31 heavy (non-hydrogen) atoms. The van der Waals surface area contributed by atoms with Gasteiger partial charge in [0.1, 0.15) is 5.75 Å². The lowest BCUT2D eigenvalue weighted by Crippen LogP contribution is -2.30. The second kappa shape index (κ2) is 8.35. The molecule has 2 aromatic carbocycles. The van der Waals surface area contributed by atoms with Crippen molar-refractivity contribution in [3.05, 3.63) is 83.7 Å². The number of hydrogen-bond donors (Lipinski definition) is 0. The maximum absolute atomic E-state index is 13.3. The summed E-state index contributed by atoms with van der Waals surface area (Å²) in [6, 6.07) is 13.1. The van der Waals surface area contributed by atoms with Gasteiger partial charge in [-0.05, 0) is 48.0 Å². The number of thiazole rings is 1. The van der Waals surface area contributed by atoms with Crippen LogP contribution in [0.3, 0.4) is 0 Å². The molecule has 2 aromatic heterocycles. The Morgan fingerprint density at radius 1 is 1.13 bits per heavy atom. The van der Waals surface area contributed by atoms with Crippen molar-refractivity contribution in [2.45, 2.75) is 12.7 Å². The van der Waals surface area contributed by atoms with Gasteiger partial charge >= 0.3 is 6.18 Å². The summed E-state index contributed by atoms with van der Waals surface area (Å²) in [5, 5.41) is 0.428. The van der Waals surface area contributed by atoms with Crippen molar-refractivity contribution >= 4 is 32.6 Å². The first-order valence-corrected chi connectivity index (χ1v) is 9.99. The lowest BCUT2D eigenvalue weighted by atomic mass is 10.1. The molecule has 0 aliphatic rings. The first-order chi connectivity index (χ1) is 14.8. The molecule has 1 amide bonds. The van der Waals surface area contributed by atoms with Crippen molar-refractivity contribution in [3.63, 3.8) is 0 Å². The van der Waals surface area contributed by atoms with Crippen molar-refractivity contribution in [2.24, 2.45) is 0 Å². The highest BCUT2D eigenvalue weighted by Crippen LogP contribution is 2.33.